The first-order valence-electron chi connectivity index (χ1n) is 7.43. The molecule has 5 heteroatoms. The van der Waals surface area contributed by atoms with Gasteiger partial charge in [0, 0.05) is 6.54 Å². The van der Waals surface area contributed by atoms with Crippen molar-refractivity contribution in [3.8, 4) is 0 Å². The summed E-state index contributed by atoms with van der Waals surface area (Å²) in [6, 6.07) is 9.54. The minimum atomic E-state index is -0.488. The Hall–Kier alpha value is -2.30. The van der Waals surface area contributed by atoms with Crippen LogP contribution in [0.3, 0.4) is 0 Å². The van der Waals surface area contributed by atoms with Gasteiger partial charge in [0.1, 0.15) is 0 Å². The van der Waals surface area contributed by atoms with Gasteiger partial charge in [0.05, 0.1) is 26.3 Å². The van der Waals surface area contributed by atoms with Crippen LogP contribution in [0.15, 0.2) is 42.0 Å². The van der Waals surface area contributed by atoms with E-state index in [1.54, 1.807) is 0 Å². The Kier molecular flexibility index (Phi) is 6.82. The number of nitrogens with zero attached hydrogens (tertiary/aromatic N) is 1. The maximum absolute atomic E-state index is 12.1. The minimum absolute atomic E-state index is 0.130. The molecule has 1 aromatic rings. The van der Waals surface area contributed by atoms with Crippen molar-refractivity contribution in [2.24, 2.45) is 5.41 Å². The van der Waals surface area contributed by atoms with E-state index < -0.39 is 12.1 Å². The molecule has 1 rings (SSSR count). The second-order valence-electron chi connectivity index (χ2n) is 6.34. The van der Waals surface area contributed by atoms with Gasteiger partial charge in [-0.05, 0) is 11.0 Å². The molecule has 126 valence electrons. The summed E-state index contributed by atoms with van der Waals surface area (Å²) in [7, 11) is 2.66. The zero-order chi connectivity index (χ0) is 17.5. The van der Waals surface area contributed by atoms with Gasteiger partial charge in [-0.2, -0.15) is 0 Å². The number of carbonyl (C=O) groups excluding carboxylic acids is 2. The van der Waals surface area contributed by atoms with Gasteiger partial charge < -0.3 is 9.47 Å². The van der Waals surface area contributed by atoms with Crippen molar-refractivity contribution in [1.29, 1.82) is 0 Å². The summed E-state index contributed by atoms with van der Waals surface area (Å²) in [5.74, 6) is -0.443. The number of benzene rings is 1. The Morgan fingerprint density at radius 2 is 1.70 bits per heavy atom. The molecule has 0 aromatic heterocycles. The molecule has 0 bridgehead atoms. The molecule has 1 aromatic carbocycles. The number of esters is 1. The number of carbonyl (C=O) groups is 2. The van der Waals surface area contributed by atoms with Crippen LogP contribution in [0.5, 0.6) is 0 Å². The van der Waals surface area contributed by atoms with Crippen molar-refractivity contribution in [1.82, 2.24) is 4.90 Å². The van der Waals surface area contributed by atoms with Gasteiger partial charge in [0.2, 0.25) is 0 Å². The number of hydrogen-bond acceptors (Lipinski definition) is 4. The molecular formula is C18H25NO4. The molecule has 0 saturated carbocycles. The van der Waals surface area contributed by atoms with Crippen LogP contribution in [0, 0.1) is 5.41 Å². The highest BCUT2D eigenvalue weighted by Crippen LogP contribution is 2.20. The fourth-order valence-corrected chi connectivity index (χ4v) is 2.15. The quantitative estimate of drug-likeness (QED) is 0.616. The Morgan fingerprint density at radius 1 is 1.09 bits per heavy atom. The summed E-state index contributed by atoms with van der Waals surface area (Å²) in [6.07, 6.45) is 1.33. The van der Waals surface area contributed by atoms with Gasteiger partial charge in [-0.25, -0.2) is 9.59 Å². The van der Waals surface area contributed by atoms with E-state index in [-0.39, 0.29) is 12.0 Å². The van der Waals surface area contributed by atoms with Crippen LogP contribution >= 0.6 is 0 Å². The van der Waals surface area contributed by atoms with E-state index in [0.717, 1.165) is 5.56 Å². The molecular weight excluding hydrogens is 294 g/mol. The van der Waals surface area contributed by atoms with E-state index in [4.69, 9.17) is 9.47 Å². The summed E-state index contributed by atoms with van der Waals surface area (Å²) < 4.78 is 9.67. The van der Waals surface area contributed by atoms with E-state index in [9.17, 15) is 9.59 Å². The van der Waals surface area contributed by atoms with Crippen LogP contribution in [0.4, 0.5) is 4.79 Å². The Balaban J connectivity index is 3.03. The fourth-order valence-electron chi connectivity index (χ4n) is 2.15. The number of amides is 1. The second-order valence-corrected chi connectivity index (χ2v) is 6.34. The molecule has 0 saturated heterocycles. The molecule has 0 atom stereocenters. The van der Waals surface area contributed by atoms with Crippen molar-refractivity contribution < 1.29 is 19.1 Å². The molecule has 0 spiro atoms. The third kappa shape index (κ3) is 6.55. The average Bonchev–Trinajstić information content (AvgIpc) is 2.51. The third-order valence-electron chi connectivity index (χ3n) is 3.07. The SMILES string of the molecule is COC(=O)C(=CC(C)(C)C)CN(Cc1ccccc1)C(=O)OC. The molecule has 0 heterocycles. The lowest BCUT2D eigenvalue weighted by atomic mass is 9.93. The van der Waals surface area contributed by atoms with Crippen molar-refractivity contribution in [3.63, 3.8) is 0 Å². The molecule has 0 unspecified atom stereocenters. The number of rotatable bonds is 5. The Labute approximate surface area is 137 Å². The molecule has 23 heavy (non-hydrogen) atoms. The lowest BCUT2D eigenvalue weighted by molar-refractivity contribution is -0.136. The molecule has 0 aliphatic carbocycles. The molecule has 0 N–H and O–H groups in total. The first kappa shape index (κ1) is 18.7. The summed E-state index contributed by atoms with van der Waals surface area (Å²) >= 11 is 0. The lowest BCUT2D eigenvalue weighted by Crippen LogP contribution is -2.34. The highest BCUT2D eigenvalue weighted by molar-refractivity contribution is 5.89. The zero-order valence-electron chi connectivity index (χ0n) is 14.5. The summed E-state index contributed by atoms with van der Waals surface area (Å²) in [4.78, 5) is 25.5. The molecule has 0 radical (unpaired) electrons. The molecule has 1 amide bonds. The number of allylic oxidation sites excluding steroid dienone is 1. The highest BCUT2D eigenvalue weighted by atomic mass is 16.5. The normalized spacial score (nSPS) is 11.8. The monoisotopic (exact) mass is 319 g/mol. The van der Waals surface area contributed by atoms with Crippen molar-refractivity contribution >= 4 is 12.1 Å². The Morgan fingerprint density at radius 3 is 2.17 bits per heavy atom. The molecule has 0 aliphatic rings. The first-order valence-corrected chi connectivity index (χ1v) is 7.43. The number of hydrogen-bond donors (Lipinski definition) is 0. The second kappa shape index (κ2) is 8.36. The fraction of sp³-hybridized carbons (Fsp3) is 0.444. The van der Waals surface area contributed by atoms with Crippen LogP contribution in [0.1, 0.15) is 26.3 Å². The smallest absolute Gasteiger partial charge is 0.410 e. The van der Waals surface area contributed by atoms with Gasteiger partial charge in [0.15, 0.2) is 0 Å². The van der Waals surface area contributed by atoms with Gasteiger partial charge in [0.25, 0.3) is 0 Å². The standard InChI is InChI=1S/C18H25NO4/c1-18(2,3)11-15(16(20)22-4)13-19(17(21)23-5)12-14-9-7-6-8-10-14/h6-11H,12-13H2,1-5H3. The number of ether oxygens (including phenoxy) is 2. The van der Waals surface area contributed by atoms with Crippen molar-refractivity contribution in [2.75, 3.05) is 20.8 Å². The van der Waals surface area contributed by atoms with Crippen molar-refractivity contribution in [2.45, 2.75) is 27.3 Å². The first-order chi connectivity index (χ1) is 10.8. The van der Waals surface area contributed by atoms with E-state index >= 15 is 0 Å². The molecule has 0 aliphatic heterocycles. The zero-order valence-corrected chi connectivity index (χ0v) is 14.5. The summed E-state index contributed by atoms with van der Waals surface area (Å²) in [5, 5.41) is 0. The predicted molar refractivity (Wildman–Crippen MR) is 88.8 cm³/mol. The maximum Gasteiger partial charge on any atom is 0.410 e. The van der Waals surface area contributed by atoms with Crippen LogP contribution in [0.25, 0.3) is 0 Å². The van der Waals surface area contributed by atoms with Crippen LogP contribution in [-0.4, -0.2) is 37.7 Å². The minimum Gasteiger partial charge on any atom is -0.466 e. The predicted octanol–water partition coefficient (Wildman–Crippen LogP) is 3.40. The van der Waals surface area contributed by atoms with Crippen LogP contribution < -0.4 is 0 Å². The Bertz CT molecular complexity index is 558. The largest absolute Gasteiger partial charge is 0.466 e. The van der Waals surface area contributed by atoms with Crippen molar-refractivity contribution in [3.05, 3.63) is 47.5 Å². The van der Waals surface area contributed by atoms with Gasteiger partial charge in [-0.3, -0.25) is 4.90 Å². The average molecular weight is 319 g/mol. The van der Waals surface area contributed by atoms with Gasteiger partial charge in [-0.15, -0.1) is 0 Å². The van der Waals surface area contributed by atoms with E-state index in [1.807, 2.05) is 57.2 Å². The summed E-state index contributed by atoms with van der Waals surface area (Å²) in [6.45, 7) is 6.43. The van der Waals surface area contributed by atoms with Gasteiger partial charge >= 0.3 is 12.1 Å². The summed E-state index contributed by atoms with van der Waals surface area (Å²) in [5.41, 5.74) is 1.18. The lowest BCUT2D eigenvalue weighted by Gasteiger charge is -2.23. The van der Waals surface area contributed by atoms with Gasteiger partial charge in [-0.1, -0.05) is 57.2 Å². The molecule has 0 fully saturated rings. The molecule has 5 nitrogen and oxygen atoms in total. The maximum atomic E-state index is 12.1. The van der Waals surface area contributed by atoms with Crippen LogP contribution in [-0.2, 0) is 20.8 Å². The highest BCUT2D eigenvalue weighted by Gasteiger charge is 2.22. The number of methoxy groups -OCH3 is 2. The van der Waals surface area contributed by atoms with E-state index in [2.05, 4.69) is 0 Å². The van der Waals surface area contributed by atoms with E-state index in [0.29, 0.717) is 12.1 Å². The van der Waals surface area contributed by atoms with E-state index in [1.165, 1.54) is 19.1 Å². The topological polar surface area (TPSA) is 55.8 Å². The third-order valence-corrected chi connectivity index (χ3v) is 3.07. The van der Waals surface area contributed by atoms with Crippen LogP contribution in [0.2, 0.25) is 0 Å².